The quantitative estimate of drug-likeness (QED) is 0.0907. The van der Waals surface area contributed by atoms with E-state index in [0.29, 0.717) is 39.8 Å². The number of nitrogens with one attached hydrogen (secondary N) is 1. The number of carboxylic acid groups (broad SMARTS) is 1. The van der Waals surface area contributed by atoms with Crippen molar-refractivity contribution in [3.63, 3.8) is 0 Å². The van der Waals surface area contributed by atoms with Gasteiger partial charge in [-0.1, -0.05) is 41.9 Å². The van der Waals surface area contributed by atoms with Crippen molar-refractivity contribution in [2.75, 3.05) is 59.1 Å². The Bertz CT molecular complexity index is 1960. The fourth-order valence-corrected chi connectivity index (χ4v) is 6.68. The number of piperazine rings is 1. The van der Waals surface area contributed by atoms with E-state index < -0.39 is 18.1 Å². The number of rotatable bonds is 19. The normalized spacial score (nSPS) is 14.6. The third kappa shape index (κ3) is 10.9. The molecule has 1 saturated heterocycles. The summed E-state index contributed by atoms with van der Waals surface area (Å²) in [6, 6.07) is 19.3. The maximum Gasteiger partial charge on any atom is 0.326 e. The number of pyridine rings is 1. The molecule has 0 bridgehead atoms. The number of carbonyl (C=O) groups is 1. The minimum atomic E-state index is -1.59. The number of carboxylic acids is 1. The highest BCUT2D eigenvalue weighted by Crippen LogP contribution is 2.36. The second-order valence-electron chi connectivity index (χ2n) is 13.9. The minimum Gasteiger partial charge on any atom is -0.493 e. The fraction of sp³-hybridized carbons (Fsp3) is 0.405. The lowest BCUT2D eigenvalue weighted by Gasteiger charge is -2.34. The zero-order valence-corrected chi connectivity index (χ0v) is 32.4. The Morgan fingerprint density at radius 1 is 0.891 bits per heavy atom. The molecule has 0 aliphatic carbocycles. The van der Waals surface area contributed by atoms with E-state index in [-0.39, 0.29) is 26.4 Å². The zero-order chi connectivity index (χ0) is 39.4. The number of benzene rings is 3. The van der Waals surface area contributed by atoms with Gasteiger partial charge in [-0.15, -0.1) is 0 Å². The number of aliphatic carboxylic acids is 1. The van der Waals surface area contributed by atoms with E-state index in [1.165, 1.54) is 13.1 Å². The molecule has 1 fully saturated rings. The van der Waals surface area contributed by atoms with Crippen LogP contribution in [0.2, 0.25) is 5.02 Å². The summed E-state index contributed by atoms with van der Waals surface area (Å²) in [4.78, 5) is 20.7. The molecule has 1 atom stereocenters. The molecule has 1 aromatic heterocycles. The van der Waals surface area contributed by atoms with Gasteiger partial charge in [0.15, 0.2) is 0 Å². The maximum absolute atomic E-state index is 11.8. The maximum atomic E-state index is 11.8. The van der Waals surface area contributed by atoms with Gasteiger partial charge in [-0.25, -0.2) is 0 Å². The molecule has 13 heteroatoms. The predicted octanol–water partition coefficient (Wildman–Crippen LogP) is 5.35. The first kappa shape index (κ1) is 41.4. The molecule has 0 amide bonds. The van der Waals surface area contributed by atoms with Gasteiger partial charge in [-0.3, -0.25) is 20.0 Å². The highest BCUT2D eigenvalue weighted by Gasteiger charge is 2.32. The van der Waals surface area contributed by atoms with Crippen LogP contribution in [0.5, 0.6) is 17.2 Å². The summed E-state index contributed by atoms with van der Waals surface area (Å²) in [7, 11) is 0. The molecule has 1 aliphatic heterocycles. The van der Waals surface area contributed by atoms with Gasteiger partial charge in [0.05, 0.1) is 30.4 Å². The molecule has 0 radical (unpaired) electrons. The average Bonchev–Trinajstić information content (AvgIpc) is 3.19. The Hall–Kier alpha value is -4.74. The van der Waals surface area contributed by atoms with Crippen molar-refractivity contribution in [1.82, 2.24) is 20.1 Å². The summed E-state index contributed by atoms with van der Waals surface area (Å²) in [5, 5.41) is 41.1. The summed E-state index contributed by atoms with van der Waals surface area (Å²) >= 11 is 6.74. The fourth-order valence-electron chi connectivity index (χ4n) is 6.44. The van der Waals surface area contributed by atoms with E-state index in [0.717, 1.165) is 79.3 Å². The smallest absolute Gasteiger partial charge is 0.326 e. The van der Waals surface area contributed by atoms with Crippen molar-refractivity contribution < 1.29 is 34.3 Å². The van der Waals surface area contributed by atoms with Crippen LogP contribution in [0.1, 0.15) is 46.7 Å². The van der Waals surface area contributed by atoms with Crippen molar-refractivity contribution in [3.05, 3.63) is 105 Å². The van der Waals surface area contributed by atoms with Crippen molar-refractivity contribution >= 4 is 17.6 Å². The van der Waals surface area contributed by atoms with E-state index in [9.17, 15) is 25.4 Å². The number of β-amino-alcohol motifs (C(OH)–C–C–N with tert-alkyl or cyclic N) is 1. The first-order valence-corrected chi connectivity index (χ1v) is 18.8. The van der Waals surface area contributed by atoms with Gasteiger partial charge in [0.1, 0.15) is 42.1 Å². The number of aliphatic hydroxyl groups excluding tert-OH is 2. The molecular formula is C42H50ClN5O7. The van der Waals surface area contributed by atoms with Gasteiger partial charge in [0.2, 0.25) is 0 Å². The van der Waals surface area contributed by atoms with Gasteiger partial charge in [-0.2, -0.15) is 5.26 Å². The molecule has 12 nitrogen and oxygen atoms in total. The third-order valence-electron chi connectivity index (χ3n) is 10.1. The van der Waals surface area contributed by atoms with Crippen LogP contribution >= 0.6 is 11.6 Å². The van der Waals surface area contributed by atoms with Crippen LogP contribution in [0.25, 0.3) is 11.1 Å². The van der Waals surface area contributed by atoms with Crippen LogP contribution in [-0.4, -0.2) is 101 Å². The first-order valence-electron chi connectivity index (χ1n) is 18.4. The highest BCUT2D eigenvalue weighted by atomic mass is 35.5. The van der Waals surface area contributed by atoms with Gasteiger partial charge >= 0.3 is 5.97 Å². The number of hydrogen-bond donors (Lipinski definition) is 4. The second-order valence-corrected chi connectivity index (χ2v) is 14.3. The topological polar surface area (TPSA) is 161 Å². The SMILES string of the molecule is Cc1c(COc2cc(OCc3cncc(C#N)c3)c(CN[C@@](C)(CO)C(=O)O)cc2Cl)cccc1-c1cccc(OCCCN2CCN(CCO)CC2)c1C. The van der Waals surface area contributed by atoms with Crippen LogP contribution in [0, 0.1) is 25.2 Å². The van der Waals surface area contributed by atoms with Crippen molar-refractivity contribution in [1.29, 1.82) is 5.26 Å². The van der Waals surface area contributed by atoms with Gasteiger partial charge in [0.25, 0.3) is 0 Å². The minimum absolute atomic E-state index is 0.0297. The molecule has 0 saturated carbocycles. The van der Waals surface area contributed by atoms with Gasteiger partial charge in [0, 0.05) is 75.4 Å². The lowest BCUT2D eigenvalue weighted by Crippen LogP contribution is -2.52. The van der Waals surface area contributed by atoms with Crippen molar-refractivity contribution in [2.24, 2.45) is 0 Å². The zero-order valence-electron chi connectivity index (χ0n) is 31.7. The number of ether oxygens (including phenoxy) is 3. The molecular weight excluding hydrogens is 722 g/mol. The Morgan fingerprint density at radius 3 is 2.27 bits per heavy atom. The van der Waals surface area contributed by atoms with Crippen LogP contribution < -0.4 is 19.5 Å². The molecule has 1 aliphatic rings. The Kier molecular flexibility index (Phi) is 14.9. The summed E-state index contributed by atoms with van der Waals surface area (Å²) in [6.07, 6.45) is 3.99. The van der Waals surface area contributed by atoms with E-state index >= 15 is 0 Å². The summed E-state index contributed by atoms with van der Waals surface area (Å²) in [5.74, 6) is 0.416. The molecule has 4 N–H and O–H groups in total. The van der Waals surface area contributed by atoms with Gasteiger partial charge in [-0.05, 0) is 73.2 Å². The summed E-state index contributed by atoms with van der Waals surface area (Å²) in [5.41, 5.74) is 5.25. The number of nitriles is 1. The Morgan fingerprint density at radius 2 is 1.58 bits per heavy atom. The number of hydrogen-bond acceptors (Lipinski definition) is 11. The van der Waals surface area contributed by atoms with Crippen LogP contribution in [-0.2, 0) is 24.6 Å². The molecule has 4 aromatic rings. The van der Waals surface area contributed by atoms with E-state index in [4.69, 9.17) is 25.8 Å². The number of halogens is 1. The number of aromatic nitrogens is 1. The standard InChI is InChI=1S/C42H50ClN5O7/c1-29-33(7-4-8-35(29)36-9-5-10-38(30(36)2)53-18-6-11-47-12-14-48(15-13-47)16-17-49)27-55-40-21-39(54-26-32-19-31(22-44)23-45-24-32)34(20-37(40)43)25-46-42(3,28-50)41(51)52/h4-5,7-10,19-21,23-24,46,49-50H,6,11-18,25-28H2,1-3H3,(H,51,52)/t42-/m0/s1. The van der Waals surface area contributed by atoms with E-state index in [2.05, 4.69) is 52.2 Å². The van der Waals surface area contributed by atoms with Crippen LogP contribution in [0.15, 0.2) is 67.0 Å². The lowest BCUT2D eigenvalue weighted by molar-refractivity contribution is -0.145. The van der Waals surface area contributed by atoms with Crippen LogP contribution in [0.3, 0.4) is 0 Å². The summed E-state index contributed by atoms with van der Waals surface area (Å²) < 4.78 is 18.8. The Labute approximate surface area is 327 Å². The largest absolute Gasteiger partial charge is 0.493 e. The third-order valence-corrected chi connectivity index (χ3v) is 10.3. The second kappa shape index (κ2) is 19.7. The molecule has 292 valence electrons. The van der Waals surface area contributed by atoms with Gasteiger partial charge < -0.3 is 34.4 Å². The monoisotopic (exact) mass is 771 g/mol. The van der Waals surface area contributed by atoms with Crippen molar-refractivity contribution in [2.45, 2.75) is 52.5 Å². The average molecular weight is 772 g/mol. The molecule has 3 aromatic carbocycles. The predicted molar refractivity (Wildman–Crippen MR) is 210 cm³/mol. The summed E-state index contributed by atoms with van der Waals surface area (Å²) in [6.45, 7) is 11.8. The van der Waals surface area contributed by atoms with Crippen molar-refractivity contribution in [3.8, 4) is 34.4 Å². The molecule has 2 heterocycles. The number of aliphatic hydroxyl groups is 2. The van der Waals surface area contributed by atoms with Crippen LogP contribution in [0.4, 0.5) is 0 Å². The van der Waals surface area contributed by atoms with E-state index in [1.807, 2.05) is 24.3 Å². The molecule has 0 spiro atoms. The van der Waals surface area contributed by atoms with E-state index in [1.54, 1.807) is 24.4 Å². The number of nitrogens with zero attached hydrogens (tertiary/aromatic N) is 4. The Balaban J connectivity index is 1.28. The first-order chi connectivity index (χ1) is 26.5. The highest BCUT2D eigenvalue weighted by molar-refractivity contribution is 6.32. The molecule has 5 rings (SSSR count). The molecule has 0 unspecified atom stereocenters. The lowest BCUT2D eigenvalue weighted by atomic mass is 9.93. The molecule has 55 heavy (non-hydrogen) atoms.